The van der Waals surface area contributed by atoms with Gasteiger partial charge in [0.2, 0.25) is 0 Å². The Morgan fingerprint density at radius 2 is 0.520 bits per heavy atom. The second-order valence-corrected chi connectivity index (χ2v) is 36.2. The molecular formula is C115H69N5S3. The average Bonchev–Trinajstić information content (AvgIpc) is 1.56. The van der Waals surface area contributed by atoms with Crippen LogP contribution in [-0.2, 0) is 0 Å². The van der Waals surface area contributed by atoms with Crippen molar-refractivity contribution in [3.8, 4) is 84.1 Å². The summed E-state index contributed by atoms with van der Waals surface area (Å²) in [6.07, 6.45) is 0. The van der Waals surface area contributed by atoms with Gasteiger partial charge in [-0.25, -0.2) is 0 Å². The molecule has 0 atom stereocenters. The van der Waals surface area contributed by atoms with Gasteiger partial charge in [0.25, 0.3) is 0 Å². The smallest absolute Gasteiger partial charge is 0.0548 e. The number of aromatic nitrogens is 5. The molecule has 27 rings (SSSR count). The van der Waals surface area contributed by atoms with E-state index in [-0.39, 0.29) is 0 Å². The number of fused-ring (bicyclic) bond motifs is 27. The predicted molar refractivity (Wildman–Crippen MR) is 529 cm³/mol. The zero-order valence-electron chi connectivity index (χ0n) is 66.6. The van der Waals surface area contributed by atoms with E-state index in [9.17, 15) is 0 Å². The van der Waals surface area contributed by atoms with Crippen LogP contribution in [0.5, 0.6) is 0 Å². The number of nitrogens with zero attached hydrogens (tertiary/aromatic N) is 5. The molecule has 0 radical (unpaired) electrons. The first-order valence-corrected chi connectivity index (χ1v) is 44.6. The van der Waals surface area contributed by atoms with E-state index in [4.69, 9.17) is 0 Å². The summed E-state index contributed by atoms with van der Waals surface area (Å²) in [5, 5.41) is 20.2. The SMILES string of the molecule is Cc1cc(-n2c3ccccc3c3cc(-c4ccc(-c5ccc6c(c5)c5c7c(ccc5n6-c5cccc(-n6c8ccccc8c8ccccc86)c5)sc5ccccc57)c(-c5cccc6c5sc5ccc7c(c8ccccc8n7-c7ccc(-c8ccccc8)cc7)c56)c4)ccc32)cc(-n2c3ccc(-c4ccccc4)cc3c3c4c(ccc32)sc2ccccc24)c1. The highest BCUT2D eigenvalue weighted by Gasteiger charge is 2.27. The van der Waals surface area contributed by atoms with Crippen molar-refractivity contribution in [1.82, 2.24) is 22.8 Å². The standard InChI is InChI=1S/C115H69N5S3/c1-68-60-79(67-80(61-68)120-100-52-45-72(70-24-6-3-7-25-70)64-92(100)110-103(120)55-58-107-112(110)87-32-12-18-40-104(87)122-107)119-96-38-16-10-30-84(96)91-63-74(46-51-98(91)119)73-44-50-81(90(62-73)85-34-21-35-89-114-108(123-115(85)89)59-56-101-109(114)86-31-11-17-39-97(86)116(101)76-48-42-71(43-49-76)69-22-4-2-5-23-69)75-47-53-99-93(65-75)111-102(54-57-106-113(111)88-33-13-19-41-105(88)121-106)118(99)78-27-20-26-77(66-78)117-94-36-14-8-28-82(94)83-29-9-15-37-95(83)117/h2-67H,1H3. The molecule has 0 saturated heterocycles. The minimum Gasteiger partial charge on any atom is -0.309 e. The molecule has 572 valence electrons. The van der Waals surface area contributed by atoms with Crippen molar-refractivity contribution in [3.63, 3.8) is 0 Å². The van der Waals surface area contributed by atoms with Gasteiger partial charge in [-0.2, -0.15) is 0 Å². The molecule has 8 aromatic heterocycles. The fraction of sp³-hybridized carbons (Fsp3) is 0.00870. The Morgan fingerprint density at radius 1 is 0.163 bits per heavy atom. The topological polar surface area (TPSA) is 24.6 Å². The zero-order valence-corrected chi connectivity index (χ0v) is 69.0. The van der Waals surface area contributed by atoms with Crippen LogP contribution in [0.4, 0.5) is 0 Å². The quantitative estimate of drug-likeness (QED) is 0.130. The van der Waals surface area contributed by atoms with Crippen LogP contribution in [0.25, 0.3) is 254 Å². The summed E-state index contributed by atoms with van der Waals surface area (Å²) in [4.78, 5) is 0. The highest BCUT2D eigenvalue weighted by molar-refractivity contribution is 7.27. The van der Waals surface area contributed by atoms with Crippen LogP contribution >= 0.6 is 34.0 Å². The number of hydrogen-bond acceptors (Lipinski definition) is 3. The zero-order chi connectivity index (χ0) is 80.4. The maximum atomic E-state index is 2.53. The third-order valence-corrected chi connectivity index (χ3v) is 29.8. The fourth-order valence-electron chi connectivity index (χ4n) is 21.1. The van der Waals surface area contributed by atoms with Gasteiger partial charge >= 0.3 is 0 Å². The molecule has 19 aromatic carbocycles. The van der Waals surface area contributed by atoms with E-state index in [0.29, 0.717) is 0 Å². The van der Waals surface area contributed by atoms with Gasteiger partial charge in [0, 0.05) is 148 Å². The van der Waals surface area contributed by atoms with Crippen molar-refractivity contribution in [2.45, 2.75) is 6.92 Å². The molecule has 5 nitrogen and oxygen atoms in total. The Balaban J connectivity index is 0.661. The normalized spacial score (nSPS) is 12.3. The summed E-state index contributed by atoms with van der Waals surface area (Å²) in [6, 6.07) is 151. The van der Waals surface area contributed by atoms with Crippen molar-refractivity contribution >= 4 is 204 Å². The third kappa shape index (κ3) is 10.2. The first-order chi connectivity index (χ1) is 60.9. The van der Waals surface area contributed by atoms with Crippen LogP contribution in [0.3, 0.4) is 0 Å². The molecule has 0 amide bonds. The van der Waals surface area contributed by atoms with Crippen LogP contribution in [0, 0.1) is 6.92 Å². The Kier molecular flexibility index (Phi) is 14.8. The molecule has 0 saturated carbocycles. The summed E-state index contributed by atoms with van der Waals surface area (Å²) >= 11 is 5.68. The summed E-state index contributed by atoms with van der Waals surface area (Å²) < 4.78 is 20.2. The lowest BCUT2D eigenvalue weighted by Gasteiger charge is -2.16. The van der Waals surface area contributed by atoms with Crippen molar-refractivity contribution in [2.24, 2.45) is 0 Å². The van der Waals surface area contributed by atoms with Crippen LogP contribution in [-0.4, -0.2) is 22.8 Å². The van der Waals surface area contributed by atoms with Crippen LogP contribution < -0.4 is 0 Å². The predicted octanol–water partition coefficient (Wildman–Crippen LogP) is 32.9. The summed E-state index contributed by atoms with van der Waals surface area (Å²) in [5.41, 5.74) is 30.4. The Labute approximate surface area is 717 Å². The van der Waals surface area contributed by atoms with Gasteiger partial charge in [-0.1, -0.05) is 237 Å². The number of hydrogen-bond donors (Lipinski definition) is 0. The van der Waals surface area contributed by atoms with Crippen LogP contribution in [0.15, 0.2) is 400 Å². The molecule has 8 heterocycles. The molecule has 8 heteroatoms. The summed E-state index contributed by atoms with van der Waals surface area (Å²) in [5.74, 6) is 0. The fourth-order valence-corrected chi connectivity index (χ4v) is 24.5. The van der Waals surface area contributed by atoms with E-state index in [1.165, 1.54) is 198 Å². The second-order valence-electron chi connectivity index (χ2n) is 33.0. The van der Waals surface area contributed by atoms with Crippen molar-refractivity contribution in [2.75, 3.05) is 0 Å². The Hall–Kier alpha value is -15.2. The number of para-hydroxylation sites is 4. The van der Waals surface area contributed by atoms with Crippen molar-refractivity contribution in [3.05, 3.63) is 406 Å². The Bertz CT molecular complexity index is 9160. The van der Waals surface area contributed by atoms with Gasteiger partial charge in [0.05, 0.1) is 55.2 Å². The third-order valence-electron chi connectivity index (χ3n) is 26.3. The maximum absolute atomic E-state index is 2.53. The minimum absolute atomic E-state index is 1.11. The van der Waals surface area contributed by atoms with Crippen molar-refractivity contribution in [1.29, 1.82) is 0 Å². The van der Waals surface area contributed by atoms with E-state index >= 15 is 0 Å². The van der Waals surface area contributed by atoms with E-state index in [0.717, 1.165) is 61.7 Å². The van der Waals surface area contributed by atoms with E-state index in [1.54, 1.807) is 0 Å². The number of benzene rings is 19. The maximum Gasteiger partial charge on any atom is 0.0548 e. The average molecular weight is 1620 g/mol. The minimum atomic E-state index is 1.11. The highest BCUT2D eigenvalue weighted by Crippen LogP contribution is 2.53. The van der Waals surface area contributed by atoms with E-state index < -0.39 is 0 Å². The van der Waals surface area contributed by atoms with Gasteiger partial charge in [0.15, 0.2) is 0 Å². The van der Waals surface area contributed by atoms with Gasteiger partial charge in [-0.15, -0.1) is 34.0 Å². The second kappa shape index (κ2) is 26.4. The molecular weight excluding hydrogens is 1550 g/mol. The summed E-state index contributed by atoms with van der Waals surface area (Å²) in [6.45, 7) is 2.26. The van der Waals surface area contributed by atoms with Crippen LogP contribution in [0.1, 0.15) is 5.56 Å². The van der Waals surface area contributed by atoms with Crippen LogP contribution in [0.2, 0.25) is 0 Å². The van der Waals surface area contributed by atoms with E-state index in [1.807, 2.05) is 34.0 Å². The lowest BCUT2D eigenvalue weighted by Crippen LogP contribution is -2.00. The number of thiophene rings is 3. The molecule has 123 heavy (non-hydrogen) atoms. The van der Waals surface area contributed by atoms with E-state index in [2.05, 4.69) is 430 Å². The highest BCUT2D eigenvalue weighted by atomic mass is 32.1. The lowest BCUT2D eigenvalue weighted by atomic mass is 9.89. The number of rotatable bonds is 10. The molecule has 27 aromatic rings. The molecule has 0 bridgehead atoms. The van der Waals surface area contributed by atoms with Gasteiger partial charge in [-0.05, 0) is 226 Å². The molecule has 0 spiro atoms. The van der Waals surface area contributed by atoms with Gasteiger partial charge in [0.1, 0.15) is 0 Å². The lowest BCUT2D eigenvalue weighted by molar-refractivity contribution is 1.12. The monoisotopic (exact) mass is 1620 g/mol. The van der Waals surface area contributed by atoms with Gasteiger partial charge in [-0.3, -0.25) is 0 Å². The van der Waals surface area contributed by atoms with Gasteiger partial charge < -0.3 is 22.8 Å². The first kappa shape index (κ1) is 68.7. The molecule has 0 aliphatic carbocycles. The molecule has 0 unspecified atom stereocenters. The first-order valence-electron chi connectivity index (χ1n) is 42.2. The molecule has 0 aliphatic heterocycles. The molecule has 0 aliphatic rings. The largest absolute Gasteiger partial charge is 0.309 e. The molecule has 0 N–H and O–H groups in total. The number of aryl methyl sites for hydroxylation is 1. The van der Waals surface area contributed by atoms with Crippen molar-refractivity contribution < 1.29 is 0 Å². The Morgan fingerprint density at radius 3 is 1.11 bits per heavy atom. The summed E-state index contributed by atoms with van der Waals surface area (Å²) in [7, 11) is 0. The molecule has 0 fully saturated rings.